The van der Waals surface area contributed by atoms with E-state index in [1.165, 1.54) is 40.7 Å². The third-order valence-electron chi connectivity index (χ3n) is 7.22. The van der Waals surface area contributed by atoms with E-state index >= 15 is 0 Å². The van der Waals surface area contributed by atoms with Crippen molar-refractivity contribution < 1.29 is 30.4 Å². The second-order valence-corrected chi connectivity index (χ2v) is 16.4. The predicted octanol–water partition coefficient (Wildman–Crippen LogP) is 3.82. The maximum absolute atomic E-state index is 13.8. The lowest BCUT2D eigenvalue weighted by molar-refractivity contribution is 0.280. The van der Waals surface area contributed by atoms with Crippen LogP contribution in [0.2, 0.25) is 0 Å². The molecule has 0 saturated carbocycles. The maximum Gasteiger partial charge on any atom is 0.243 e. The molecule has 0 radical (unpaired) electrons. The Morgan fingerprint density at radius 2 is 0.909 bits per heavy atom. The number of hydrogen-bond acceptors (Lipinski definition) is 7. The highest BCUT2D eigenvalue weighted by atomic mass is 32.2. The first-order valence-corrected chi connectivity index (χ1v) is 18.9. The number of aliphatic hydroxyl groups excluding tert-OH is 1. The van der Waals surface area contributed by atoms with Crippen LogP contribution in [0.3, 0.4) is 0 Å². The van der Waals surface area contributed by atoms with Gasteiger partial charge in [-0.3, -0.25) is 0 Å². The van der Waals surface area contributed by atoms with E-state index in [4.69, 9.17) is 5.11 Å². The van der Waals surface area contributed by atoms with Gasteiger partial charge in [0.25, 0.3) is 0 Å². The van der Waals surface area contributed by atoms with Crippen LogP contribution in [0, 0.1) is 20.8 Å². The summed E-state index contributed by atoms with van der Waals surface area (Å²) in [6, 6.07) is 19.1. The van der Waals surface area contributed by atoms with E-state index in [-0.39, 0.29) is 54.0 Å². The summed E-state index contributed by atoms with van der Waals surface area (Å²) in [5.74, 6) is 0. The zero-order valence-electron chi connectivity index (χ0n) is 25.5. The number of nitrogens with zero attached hydrogens (tertiary/aromatic N) is 2. The van der Waals surface area contributed by atoms with Crippen molar-refractivity contribution in [2.24, 2.45) is 0 Å². The van der Waals surface area contributed by atoms with Crippen LogP contribution in [0.5, 0.6) is 0 Å². The topological polar surface area (TPSA) is 141 Å². The molecule has 242 valence electrons. The fraction of sp³-hybridized carbons (Fsp3) is 0.419. The highest BCUT2D eigenvalue weighted by Gasteiger charge is 2.29. The van der Waals surface area contributed by atoms with Crippen LogP contribution in [0.25, 0.3) is 0 Å². The van der Waals surface area contributed by atoms with Crippen molar-refractivity contribution in [2.45, 2.75) is 61.1 Å². The first kappa shape index (κ1) is 35.8. The molecule has 0 amide bonds. The van der Waals surface area contributed by atoms with Gasteiger partial charge in [0.1, 0.15) is 0 Å². The number of aryl methyl sites for hydroxylation is 3. The van der Waals surface area contributed by atoms with Crippen LogP contribution in [0.15, 0.2) is 87.5 Å². The molecule has 13 heteroatoms. The lowest BCUT2D eigenvalue weighted by Gasteiger charge is -2.27. The molecule has 0 aliphatic heterocycles. The summed E-state index contributed by atoms with van der Waals surface area (Å²) in [5.41, 5.74) is 2.68. The van der Waals surface area contributed by atoms with Crippen LogP contribution in [-0.4, -0.2) is 78.3 Å². The zero-order valence-corrected chi connectivity index (χ0v) is 28.0. The van der Waals surface area contributed by atoms with Crippen molar-refractivity contribution in [1.82, 2.24) is 13.3 Å². The molecule has 44 heavy (non-hydrogen) atoms. The van der Waals surface area contributed by atoms with Crippen molar-refractivity contribution in [3.63, 3.8) is 0 Å². The summed E-state index contributed by atoms with van der Waals surface area (Å²) < 4.78 is 85.5. The molecule has 3 aromatic carbocycles. The minimum absolute atomic E-state index is 0.0291. The van der Waals surface area contributed by atoms with Crippen LogP contribution < -0.4 is 4.72 Å². The van der Waals surface area contributed by atoms with Gasteiger partial charge in [-0.15, -0.1) is 0 Å². The molecule has 0 aliphatic carbocycles. The van der Waals surface area contributed by atoms with Gasteiger partial charge in [-0.2, -0.15) is 8.61 Å². The summed E-state index contributed by atoms with van der Waals surface area (Å²) in [4.78, 5) is 0.200. The highest BCUT2D eigenvalue weighted by molar-refractivity contribution is 7.90. The number of sulfonamides is 3. The van der Waals surface area contributed by atoms with Gasteiger partial charge in [0.15, 0.2) is 0 Å². The van der Waals surface area contributed by atoms with Crippen molar-refractivity contribution >= 4 is 30.1 Å². The Kier molecular flexibility index (Phi) is 13.1. The molecule has 10 nitrogen and oxygen atoms in total. The van der Waals surface area contributed by atoms with E-state index in [0.717, 1.165) is 27.4 Å². The molecular weight excluding hydrogens is 623 g/mol. The number of unbranched alkanes of at least 4 members (excludes halogenated alkanes) is 3. The largest absolute Gasteiger partial charge is 0.396 e. The Labute approximate surface area is 262 Å². The van der Waals surface area contributed by atoms with Gasteiger partial charge in [0, 0.05) is 39.3 Å². The number of rotatable bonds is 18. The van der Waals surface area contributed by atoms with E-state index in [1.54, 1.807) is 36.4 Å². The molecule has 0 unspecified atom stereocenters. The lowest BCUT2D eigenvalue weighted by atomic mass is 10.2. The standard InChI is InChI=1S/C31H43N3O7S3/c1-26-8-14-29(15-9-26)42(36,37)32-20-22-34(44(40,41)31-18-12-28(3)13-19-31)24-23-33(21-6-4-5-7-25-35)43(38,39)30-16-10-27(2)11-17-30/h8-19,32,35H,4-7,20-25H2,1-3H3. The van der Waals surface area contributed by atoms with Gasteiger partial charge in [-0.05, 0) is 70.0 Å². The first-order valence-electron chi connectivity index (χ1n) is 14.6. The molecule has 0 fully saturated rings. The number of hydrogen-bond donors (Lipinski definition) is 2. The molecule has 3 rings (SSSR count). The minimum Gasteiger partial charge on any atom is -0.396 e. The smallest absolute Gasteiger partial charge is 0.243 e. The number of aliphatic hydroxyl groups is 1. The van der Waals surface area contributed by atoms with Crippen molar-refractivity contribution in [1.29, 1.82) is 0 Å². The van der Waals surface area contributed by atoms with Gasteiger partial charge in [0.2, 0.25) is 30.1 Å². The average molecular weight is 666 g/mol. The van der Waals surface area contributed by atoms with Gasteiger partial charge in [0.05, 0.1) is 14.7 Å². The zero-order chi connectivity index (χ0) is 32.4. The molecule has 2 N–H and O–H groups in total. The summed E-state index contributed by atoms with van der Waals surface area (Å²) in [6.07, 6.45) is 2.59. The second kappa shape index (κ2) is 16.1. The van der Waals surface area contributed by atoms with E-state index in [9.17, 15) is 25.3 Å². The molecule has 0 atom stereocenters. The predicted molar refractivity (Wildman–Crippen MR) is 172 cm³/mol. The Hall–Kier alpha value is -2.65. The fourth-order valence-electron chi connectivity index (χ4n) is 4.50. The average Bonchev–Trinajstić information content (AvgIpc) is 2.98. The minimum atomic E-state index is -4.10. The van der Waals surface area contributed by atoms with Crippen molar-refractivity contribution in [2.75, 3.05) is 39.3 Å². The SMILES string of the molecule is Cc1ccc(S(=O)(=O)NCCN(CCN(CCCCCCO)S(=O)(=O)c2ccc(C)cc2)S(=O)(=O)c2ccc(C)cc2)cc1. The molecule has 0 saturated heterocycles. The molecular formula is C31H43N3O7S3. The third-order valence-corrected chi connectivity index (χ3v) is 12.5. The van der Waals surface area contributed by atoms with Gasteiger partial charge in [-0.1, -0.05) is 65.9 Å². The summed E-state index contributed by atoms with van der Waals surface area (Å²) >= 11 is 0. The summed E-state index contributed by atoms with van der Waals surface area (Å²) in [6.45, 7) is 5.01. The second-order valence-electron chi connectivity index (χ2n) is 10.8. The van der Waals surface area contributed by atoms with Crippen LogP contribution >= 0.6 is 0 Å². The molecule has 3 aromatic rings. The van der Waals surface area contributed by atoms with Gasteiger partial charge >= 0.3 is 0 Å². The lowest BCUT2D eigenvalue weighted by Crippen LogP contribution is -2.44. The summed E-state index contributed by atoms with van der Waals surface area (Å²) in [7, 11) is -12.0. The van der Waals surface area contributed by atoms with E-state index in [0.29, 0.717) is 19.3 Å². The highest BCUT2D eigenvalue weighted by Crippen LogP contribution is 2.20. The Morgan fingerprint density at radius 3 is 1.34 bits per heavy atom. The maximum atomic E-state index is 13.8. The van der Waals surface area contributed by atoms with E-state index in [1.807, 2.05) is 20.8 Å². The van der Waals surface area contributed by atoms with Crippen molar-refractivity contribution in [3.8, 4) is 0 Å². The summed E-state index contributed by atoms with van der Waals surface area (Å²) in [5, 5.41) is 9.09. The Bertz CT molecular complexity index is 1660. The Morgan fingerprint density at radius 1 is 0.523 bits per heavy atom. The molecule has 0 aromatic heterocycles. The molecule has 0 heterocycles. The normalized spacial score (nSPS) is 12.7. The number of nitrogens with one attached hydrogen (secondary N) is 1. The Balaban J connectivity index is 1.86. The first-order chi connectivity index (χ1) is 20.8. The molecule has 0 spiro atoms. The van der Waals surface area contributed by atoms with Gasteiger partial charge < -0.3 is 5.11 Å². The molecule has 0 aliphatic rings. The van der Waals surface area contributed by atoms with Crippen LogP contribution in [0.4, 0.5) is 0 Å². The van der Waals surface area contributed by atoms with Crippen LogP contribution in [-0.2, 0) is 30.1 Å². The third kappa shape index (κ3) is 9.93. The van der Waals surface area contributed by atoms with E-state index in [2.05, 4.69) is 4.72 Å². The van der Waals surface area contributed by atoms with Crippen molar-refractivity contribution in [3.05, 3.63) is 89.5 Å². The fourth-order valence-corrected chi connectivity index (χ4v) is 8.43. The molecule has 0 bridgehead atoms. The quantitative estimate of drug-likeness (QED) is 0.197. The van der Waals surface area contributed by atoms with Crippen LogP contribution in [0.1, 0.15) is 42.4 Å². The van der Waals surface area contributed by atoms with Gasteiger partial charge in [-0.25, -0.2) is 30.0 Å². The monoisotopic (exact) mass is 665 g/mol. The van der Waals surface area contributed by atoms with E-state index < -0.39 is 30.1 Å². The number of benzene rings is 3.